The zero-order chi connectivity index (χ0) is 88.5. The molecular weight excluding hydrogens is 1580 g/mol. The lowest BCUT2D eigenvalue weighted by atomic mass is 9.89. The number of esters is 2. The van der Waals surface area contributed by atoms with Gasteiger partial charge in [-0.1, -0.05) is 36.4 Å². The highest BCUT2D eigenvalue weighted by atomic mass is 19.1. The first-order chi connectivity index (χ1) is 58.1. The number of Topliss-reactive ketones (excluding diaryl/α,β-unsaturated/α-hetero) is 1. The first-order valence-corrected chi connectivity index (χ1v) is 40.2. The second kappa shape index (κ2) is 43.5. The minimum absolute atomic E-state index is 0.0246. The van der Waals surface area contributed by atoms with Gasteiger partial charge in [-0.05, 0) is 182 Å². The Hall–Kier alpha value is -12.8. The van der Waals surface area contributed by atoms with E-state index in [1.807, 2.05) is 71.9 Å². The first-order valence-electron chi connectivity index (χ1n) is 40.2. The smallest absolute Gasteiger partial charge is 0.416 e. The van der Waals surface area contributed by atoms with Gasteiger partial charge in [0.05, 0.1) is 95.1 Å². The number of carboxylic acid groups (broad SMARTS) is 2. The highest BCUT2D eigenvalue weighted by Crippen LogP contribution is 2.34. The second-order valence-electron chi connectivity index (χ2n) is 31.1. The molecule has 9 heterocycles. The number of ether oxygens (including phenoxy) is 7. The summed E-state index contributed by atoms with van der Waals surface area (Å²) >= 11 is 0. The van der Waals surface area contributed by atoms with Crippen molar-refractivity contribution in [2.24, 2.45) is 5.73 Å². The SMILES string of the molecule is CC(C)(C)OC(=O)N1CCCc2ccc(CCn3cc(C(=O)O)cn3)nc21.CCOC(=O)C[C@H](CC(=O)c1cnn(CCc2ccc3c(n2)N(C(=O)OC(C)(C)C)CCC3)c1)c1ccc(OC)c(F)c1.CCOC(=O)C[C@H](N)c1ccc(OC)c(F)c1.COc1ccc([C@H](CC(=O)O)N(C)C(=O)c2cnn(CCc3ccc4c(n3)NCCC4)c2)cc1F. The van der Waals surface area contributed by atoms with Crippen LogP contribution < -0.4 is 35.1 Å². The molecule has 0 saturated carbocycles. The van der Waals surface area contributed by atoms with Crippen LogP contribution in [-0.4, -0.2) is 180 Å². The summed E-state index contributed by atoms with van der Waals surface area (Å²) in [6.07, 6.45) is 15.1. The number of fused-ring (bicyclic) bond motifs is 3. The molecule has 9 aromatic rings. The summed E-state index contributed by atoms with van der Waals surface area (Å²) in [6.45, 7) is 18.5. The molecule has 3 aromatic carbocycles. The van der Waals surface area contributed by atoms with Crippen LogP contribution in [0.25, 0.3) is 0 Å². The van der Waals surface area contributed by atoms with Gasteiger partial charge in [0.25, 0.3) is 5.91 Å². The van der Waals surface area contributed by atoms with Gasteiger partial charge in [-0.15, -0.1) is 0 Å². The van der Waals surface area contributed by atoms with E-state index in [2.05, 4.69) is 36.6 Å². The topological polar surface area (TPSA) is 382 Å². The molecule has 6 aromatic heterocycles. The molecule has 34 heteroatoms. The van der Waals surface area contributed by atoms with Crippen LogP contribution in [0.15, 0.2) is 128 Å². The molecule has 5 N–H and O–H groups in total. The number of ketones is 1. The summed E-state index contributed by atoms with van der Waals surface area (Å²) in [7, 11) is 5.60. The molecule has 0 unspecified atom stereocenters. The van der Waals surface area contributed by atoms with Crippen LogP contribution in [0.5, 0.6) is 17.2 Å². The van der Waals surface area contributed by atoms with E-state index in [1.54, 1.807) is 68.3 Å². The number of amides is 3. The number of benzene rings is 3. The zero-order valence-electron chi connectivity index (χ0n) is 70.8. The fourth-order valence-corrected chi connectivity index (χ4v) is 13.6. The Morgan fingerprint density at radius 3 is 1.42 bits per heavy atom. The van der Waals surface area contributed by atoms with Crippen molar-refractivity contribution in [2.45, 2.75) is 188 Å². The zero-order valence-corrected chi connectivity index (χ0v) is 70.8. The maximum absolute atomic E-state index is 14.4. The molecule has 3 atom stereocenters. The lowest BCUT2D eigenvalue weighted by Crippen LogP contribution is -2.40. The maximum Gasteiger partial charge on any atom is 0.416 e. The summed E-state index contributed by atoms with van der Waals surface area (Å²) in [5, 5.41) is 34.4. The van der Waals surface area contributed by atoms with E-state index in [0.717, 1.165) is 79.1 Å². The number of nitrogens with one attached hydrogen (secondary N) is 1. The minimum atomic E-state index is -1.10. The molecule has 3 aliphatic heterocycles. The fourth-order valence-electron chi connectivity index (χ4n) is 13.6. The number of methoxy groups -OCH3 is 3. The number of halogens is 3. The first kappa shape index (κ1) is 93.1. The van der Waals surface area contributed by atoms with Gasteiger partial charge in [-0.25, -0.2) is 42.5 Å². The summed E-state index contributed by atoms with van der Waals surface area (Å²) in [5.41, 5.74) is 12.7. The van der Waals surface area contributed by atoms with Crippen LogP contribution in [0.3, 0.4) is 0 Å². The molecule has 0 aliphatic carbocycles. The number of carbonyl (C=O) groups excluding carboxylic acids is 6. The molecule has 0 radical (unpaired) electrons. The number of aryl methyl sites for hydroxylation is 9. The van der Waals surface area contributed by atoms with Gasteiger partial charge >= 0.3 is 36.1 Å². The van der Waals surface area contributed by atoms with Crippen molar-refractivity contribution in [1.29, 1.82) is 0 Å². The van der Waals surface area contributed by atoms with Gasteiger partial charge in [-0.3, -0.25) is 47.8 Å². The van der Waals surface area contributed by atoms with E-state index in [1.165, 1.54) is 100 Å². The molecule has 0 spiro atoms. The number of carbonyl (C=O) groups is 8. The number of aromatic nitrogens is 9. The third-order valence-electron chi connectivity index (χ3n) is 19.7. The molecule has 3 aliphatic rings. The Labute approximate surface area is 705 Å². The van der Waals surface area contributed by atoms with Gasteiger partial charge in [0, 0.05) is 120 Å². The van der Waals surface area contributed by atoms with E-state index in [0.29, 0.717) is 98.0 Å². The molecule has 12 rings (SSSR count). The number of anilines is 3. The van der Waals surface area contributed by atoms with E-state index in [9.17, 15) is 56.6 Å². The Kier molecular flexibility index (Phi) is 33.2. The van der Waals surface area contributed by atoms with Crippen LogP contribution in [0.1, 0.15) is 200 Å². The molecule has 3 amide bonds. The van der Waals surface area contributed by atoms with Gasteiger partial charge in [0.15, 0.2) is 40.5 Å². The van der Waals surface area contributed by atoms with Crippen molar-refractivity contribution in [3.8, 4) is 17.2 Å². The number of aliphatic carboxylic acids is 1. The number of rotatable bonds is 29. The Morgan fingerprint density at radius 2 is 0.951 bits per heavy atom. The maximum atomic E-state index is 14.4. The summed E-state index contributed by atoms with van der Waals surface area (Å²) in [5.74, 6) is -3.38. The highest BCUT2D eigenvalue weighted by Gasteiger charge is 2.33. The van der Waals surface area contributed by atoms with Crippen LogP contribution in [-0.2, 0) is 91.5 Å². The third-order valence-corrected chi connectivity index (χ3v) is 19.7. The Bertz CT molecular complexity index is 5140. The molecule has 0 bridgehead atoms. The summed E-state index contributed by atoms with van der Waals surface area (Å²) in [6, 6.07) is 23.5. The monoisotopic (exact) mass is 1690 g/mol. The molecule has 0 saturated heterocycles. The molecule has 31 nitrogen and oxygen atoms in total. The number of hydrogen-bond acceptors (Lipinski definition) is 23. The highest BCUT2D eigenvalue weighted by molar-refractivity contribution is 5.97. The van der Waals surface area contributed by atoms with E-state index in [4.69, 9.17) is 49.0 Å². The number of nitrogens with two attached hydrogens (primary N) is 1. The minimum Gasteiger partial charge on any atom is -0.494 e. The molecule has 652 valence electrons. The number of carboxylic acids is 2. The largest absolute Gasteiger partial charge is 0.494 e. The second-order valence-corrected chi connectivity index (χ2v) is 31.1. The van der Waals surface area contributed by atoms with E-state index < -0.39 is 82.5 Å². The number of aromatic carboxylic acids is 1. The van der Waals surface area contributed by atoms with Crippen molar-refractivity contribution in [1.82, 2.24) is 49.2 Å². The third kappa shape index (κ3) is 26.9. The fraction of sp³-hybridized carbons (Fsp3) is 0.432. The van der Waals surface area contributed by atoms with Crippen molar-refractivity contribution < 1.29 is 94.9 Å². The number of nitrogens with zero attached hydrogens (tertiary/aromatic N) is 12. The Morgan fingerprint density at radius 1 is 0.525 bits per heavy atom. The molecular formula is C88H107F3N14O17. The van der Waals surface area contributed by atoms with Crippen LogP contribution in [0.2, 0.25) is 0 Å². The van der Waals surface area contributed by atoms with Crippen molar-refractivity contribution in [3.05, 3.63) is 213 Å². The van der Waals surface area contributed by atoms with Crippen LogP contribution >= 0.6 is 0 Å². The quantitative estimate of drug-likeness (QED) is 0.0192. The Balaban J connectivity index is 0.000000193. The van der Waals surface area contributed by atoms with Gasteiger partial charge in [0.2, 0.25) is 0 Å². The predicted molar refractivity (Wildman–Crippen MR) is 445 cm³/mol. The standard InChI is InChI=1S/C32H39FN4O6.C25H28FN5O4.C19H24N4O4.C12H16FNO3/c1-6-42-29(39)18-23(22-10-12-28(41-5)26(33)16-22)17-27(38)24-19-34-36(20-24)15-13-25-11-9-21-8-7-14-37(30(21)35-25)31(40)43-32(2,3)4;1-30(21(13-23(32)33)17-6-8-22(35-2)20(26)12-17)25(34)18-14-28-31(15-18)11-9-19-7-5-16-4-3-10-27-24(16)29-19;1-19(2,3)27-18(26)23-9-4-5-13-6-7-15(21-16(13)23)8-10-22-12-14(11-20-22)17(24)25;1-3-17-12(15)7-10(14)8-4-5-11(16-2)9(13)6-8/h9-12,16,19-20,23H,6-8,13-15,17-18H2,1-5H3;5-8,12,14-15,21H,3-4,9-11,13H2,1-2H3,(H,27,29)(H,32,33);6-7,11-12H,4-5,8-10H2,1-3H3,(H,24,25);4-6,10H,3,7,14H2,1-2H3/t23-;21-;;10-/m00.0/s1. The summed E-state index contributed by atoms with van der Waals surface area (Å²) < 4.78 is 82.7. The number of pyridine rings is 3. The van der Waals surface area contributed by atoms with Crippen LogP contribution in [0, 0.1) is 17.5 Å². The molecule has 0 fully saturated rings. The average Bonchev–Trinajstić information content (AvgIpc) is 0.909. The lowest BCUT2D eigenvalue weighted by molar-refractivity contribution is -0.144. The average molecular weight is 1690 g/mol. The van der Waals surface area contributed by atoms with Gasteiger partial charge in [0.1, 0.15) is 28.7 Å². The van der Waals surface area contributed by atoms with Gasteiger partial charge < -0.3 is 59.3 Å². The van der Waals surface area contributed by atoms with Gasteiger partial charge in [-0.2, -0.15) is 15.3 Å². The van der Waals surface area contributed by atoms with Crippen molar-refractivity contribution >= 4 is 65.2 Å². The van der Waals surface area contributed by atoms with E-state index >= 15 is 0 Å². The van der Waals surface area contributed by atoms with Crippen molar-refractivity contribution in [3.63, 3.8) is 0 Å². The van der Waals surface area contributed by atoms with Crippen LogP contribution in [0.4, 0.5) is 40.2 Å². The normalized spacial score (nSPS) is 13.4. The summed E-state index contributed by atoms with van der Waals surface area (Å²) in [4.78, 5) is 116. The van der Waals surface area contributed by atoms with E-state index in [-0.39, 0.29) is 67.0 Å². The van der Waals surface area contributed by atoms with Crippen molar-refractivity contribution in [2.75, 3.05) is 76.3 Å². The lowest BCUT2D eigenvalue weighted by Gasteiger charge is -2.31. The molecule has 122 heavy (non-hydrogen) atoms. The predicted octanol–water partition coefficient (Wildman–Crippen LogP) is 13.7. The number of hydrogen-bond donors (Lipinski definition) is 4.